The lowest BCUT2D eigenvalue weighted by atomic mass is 10.1. The van der Waals surface area contributed by atoms with Gasteiger partial charge in [0.1, 0.15) is 11.6 Å². The summed E-state index contributed by atoms with van der Waals surface area (Å²) in [5.74, 6) is 1.05. The van der Waals surface area contributed by atoms with Crippen molar-refractivity contribution in [3.8, 4) is 22.6 Å². The molecule has 1 fully saturated rings. The fraction of sp³-hybridized carbons (Fsp3) is 0.227. The number of nitrogens with one attached hydrogen (secondary N) is 1. The maximum Gasteiger partial charge on any atom is 0.345 e. The van der Waals surface area contributed by atoms with Crippen LogP contribution in [0.15, 0.2) is 48.8 Å². The number of alkyl halides is 2. The highest BCUT2D eigenvalue weighted by molar-refractivity contribution is 5.66. The highest BCUT2D eigenvalue weighted by Crippen LogP contribution is 2.27. The van der Waals surface area contributed by atoms with Crippen LogP contribution in [0.5, 0.6) is 0 Å². The Balaban J connectivity index is 1.27. The van der Waals surface area contributed by atoms with Gasteiger partial charge in [-0.25, -0.2) is 24.0 Å². The molecular formula is C22H20F3N9O. The average molecular weight is 483 g/mol. The van der Waals surface area contributed by atoms with Gasteiger partial charge in [0.2, 0.25) is 11.9 Å². The first-order chi connectivity index (χ1) is 16.9. The van der Waals surface area contributed by atoms with Gasteiger partial charge in [0.25, 0.3) is 0 Å². The molecule has 13 heteroatoms. The van der Waals surface area contributed by atoms with Crippen molar-refractivity contribution in [2.75, 3.05) is 29.0 Å². The Labute approximate surface area is 197 Å². The Morgan fingerprint density at radius 2 is 1.94 bits per heavy atom. The number of anilines is 4. The Bertz CT molecular complexity index is 1340. The Morgan fingerprint density at radius 3 is 2.63 bits per heavy atom. The van der Waals surface area contributed by atoms with Gasteiger partial charge in [-0.2, -0.15) is 13.8 Å². The summed E-state index contributed by atoms with van der Waals surface area (Å²) in [6.45, 7) is -2.07. The number of pyridine rings is 1. The van der Waals surface area contributed by atoms with E-state index < -0.39 is 18.5 Å². The van der Waals surface area contributed by atoms with Crippen LogP contribution in [-0.2, 0) is 11.8 Å². The standard InChI is InChI=1S/C22H20F3N9O/c1-33-22(29-13-3-4-15(16(23)8-13)17-6-7-27-21(26)30-17)31-19(32-33)12-2-5-18(28-9-12)34-10-14(11-34)35-20(24)25/h2-9,14,20H,10-11H2,1H3,(H2,26,27,30)(H,29,31,32). The second kappa shape index (κ2) is 9.18. The molecule has 0 spiro atoms. The number of benzene rings is 1. The predicted molar refractivity (Wildman–Crippen MR) is 122 cm³/mol. The van der Waals surface area contributed by atoms with E-state index in [0.717, 1.165) is 0 Å². The molecule has 35 heavy (non-hydrogen) atoms. The third kappa shape index (κ3) is 4.84. The van der Waals surface area contributed by atoms with Crippen molar-refractivity contribution in [3.05, 3.63) is 54.6 Å². The minimum absolute atomic E-state index is 0.0630. The topological polar surface area (TPSA) is 120 Å². The maximum atomic E-state index is 14.7. The maximum absolute atomic E-state index is 14.7. The van der Waals surface area contributed by atoms with Crippen molar-refractivity contribution >= 4 is 23.4 Å². The number of hydrogen-bond acceptors (Lipinski definition) is 9. The molecule has 0 unspecified atom stereocenters. The van der Waals surface area contributed by atoms with Crippen molar-refractivity contribution < 1.29 is 17.9 Å². The van der Waals surface area contributed by atoms with Crippen LogP contribution in [0.25, 0.3) is 22.6 Å². The van der Waals surface area contributed by atoms with Crippen molar-refractivity contribution in [3.63, 3.8) is 0 Å². The molecule has 0 radical (unpaired) electrons. The zero-order chi connectivity index (χ0) is 24.5. The van der Waals surface area contributed by atoms with Crippen molar-refractivity contribution in [2.24, 2.45) is 7.05 Å². The normalized spacial score (nSPS) is 13.8. The number of nitrogen functional groups attached to an aromatic ring is 1. The average Bonchev–Trinajstić information content (AvgIpc) is 3.16. The zero-order valence-corrected chi connectivity index (χ0v) is 18.4. The molecule has 3 N–H and O–H groups in total. The van der Waals surface area contributed by atoms with Crippen LogP contribution in [0.2, 0.25) is 0 Å². The van der Waals surface area contributed by atoms with Gasteiger partial charge < -0.3 is 20.7 Å². The molecule has 10 nitrogen and oxygen atoms in total. The van der Waals surface area contributed by atoms with Crippen LogP contribution in [0, 0.1) is 5.82 Å². The first-order valence-corrected chi connectivity index (χ1v) is 10.6. The van der Waals surface area contributed by atoms with Crippen LogP contribution >= 0.6 is 0 Å². The highest BCUT2D eigenvalue weighted by atomic mass is 19.3. The molecule has 0 amide bonds. The van der Waals surface area contributed by atoms with E-state index in [1.54, 1.807) is 43.6 Å². The molecule has 0 saturated carbocycles. The summed E-state index contributed by atoms with van der Waals surface area (Å²) in [5.41, 5.74) is 7.41. The zero-order valence-electron chi connectivity index (χ0n) is 18.4. The minimum Gasteiger partial charge on any atom is -0.368 e. The molecular weight excluding hydrogens is 463 g/mol. The highest BCUT2D eigenvalue weighted by Gasteiger charge is 2.30. The van der Waals surface area contributed by atoms with Crippen molar-refractivity contribution in [1.82, 2.24) is 29.7 Å². The summed E-state index contributed by atoms with van der Waals surface area (Å²) in [6.07, 6.45) is 2.58. The molecule has 4 aromatic rings. The smallest absolute Gasteiger partial charge is 0.345 e. The molecule has 5 rings (SSSR count). The number of rotatable bonds is 7. The Morgan fingerprint density at radius 1 is 1.11 bits per heavy atom. The van der Waals surface area contributed by atoms with Crippen LogP contribution in [-0.4, -0.2) is 55.5 Å². The summed E-state index contributed by atoms with van der Waals surface area (Å²) in [6, 6.07) is 9.76. The fourth-order valence-electron chi connectivity index (χ4n) is 3.63. The van der Waals surface area contributed by atoms with E-state index in [-0.39, 0.29) is 5.95 Å². The summed E-state index contributed by atoms with van der Waals surface area (Å²) < 4.78 is 45.3. The van der Waals surface area contributed by atoms with E-state index in [1.165, 1.54) is 16.9 Å². The number of nitrogens with zero attached hydrogens (tertiary/aromatic N) is 7. The second-order valence-corrected chi connectivity index (χ2v) is 7.83. The van der Waals surface area contributed by atoms with E-state index in [0.29, 0.717) is 53.2 Å². The Kier molecular flexibility index (Phi) is 5.91. The van der Waals surface area contributed by atoms with Gasteiger partial charge in [-0.05, 0) is 36.4 Å². The largest absolute Gasteiger partial charge is 0.368 e. The van der Waals surface area contributed by atoms with E-state index in [9.17, 15) is 13.2 Å². The molecule has 1 saturated heterocycles. The summed E-state index contributed by atoms with van der Waals surface area (Å²) in [4.78, 5) is 18.5. The van der Waals surface area contributed by atoms with Crippen molar-refractivity contribution in [2.45, 2.75) is 12.7 Å². The lowest BCUT2D eigenvalue weighted by molar-refractivity contribution is -0.167. The molecule has 180 valence electrons. The molecule has 4 heterocycles. The summed E-state index contributed by atoms with van der Waals surface area (Å²) in [7, 11) is 1.71. The fourth-order valence-corrected chi connectivity index (χ4v) is 3.63. The predicted octanol–water partition coefficient (Wildman–Crippen LogP) is 3.23. The van der Waals surface area contributed by atoms with E-state index in [1.807, 2.05) is 4.90 Å². The van der Waals surface area contributed by atoms with Gasteiger partial charge in [-0.15, -0.1) is 5.10 Å². The molecule has 0 bridgehead atoms. The van der Waals surface area contributed by atoms with E-state index in [4.69, 9.17) is 5.73 Å². The van der Waals surface area contributed by atoms with Crippen LogP contribution in [0.4, 0.5) is 36.6 Å². The third-order valence-corrected chi connectivity index (χ3v) is 5.41. The Hall–Kier alpha value is -4.26. The quantitative estimate of drug-likeness (QED) is 0.408. The van der Waals surface area contributed by atoms with Gasteiger partial charge in [-0.3, -0.25) is 0 Å². The van der Waals surface area contributed by atoms with Crippen LogP contribution < -0.4 is 16.0 Å². The van der Waals surface area contributed by atoms with Gasteiger partial charge >= 0.3 is 6.61 Å². The van der Waals surface area contributed by atoms with Gasteiger partial charge in [0.05, 0.1) is 11.8 Å². The molecule has 1 aromatic carbocycles. The molecule has 3 aromatic heterocycles. The van der Waals surface area contributed by atoms with Crippen molar-refractivity contribution in [1.29, 1.82) is 0 Å². The number of nitrogens with two attached hydrogens (primary N) is 1. The van der Waals surface area contributed by atoms with Gasteiger partial charge in [0.15, 0.2) is 5.82 Å². The lowest BCUT2D eigenvalue weighted by Crippen LogP contribution is -2.53. The number of hydrogen-bond donors (Lipinski definition) is 2. The summed E-state index contributed by atoms with van der Waals surface area (Å²) in [5, 5.41) is 7.44. The number of ether oxygens (including phenoxy) is 1. The van der Waals surface area contributed by atoms with Crippen LogP contribution in [0.3, 0.4) is 0 Å². The lowest BCUT2D eigenvalue weighted by Gasteiger charge is -2.39. The number of aromatic nitrogens is 6. The first kappa shape index (κ1) is 22.5. The molecule has 0 aliphatic carbocycles. The molecule has 1 aliphatic heterocycles. The van der Waals surface area contributed by atoms with E-state index in [2.05, 4.69) is 35.1 Å². The third-order valence-electron chi connectivity index (χ3n) is 5.41. The number of aryl methyl sites for hydroxylation is 1. The van der Waals surface area contributed by atoms with E-state index >= 15 is 0 Å². The van der Waals surface area contributed by atoms with Crippen LogP contribution in [0.1, 0.15) is 0 Å². The summed E-state index contributed by atoms with van der Waals surface area (Å²) >= 11 is 0. The molecule has 1 aliphatic rings. The first-order valence-electron chi connectivity index (χ1n) is 10.6. The SMILES string of the molecule is Cn1nc(-c2ccc(N3CC(OC(F)F)C3)nc2)nc1Nc1ccc(-c2ccnc(N)n2)c(F)c1. The minimum atomic E-state index is -2.78. The second-order valence-electron chi connectivity index (χ2n) is 7.83. The van der Waals surface area contributed by atoms with Gasteiger partial charge in [0, 0.05) is 49.3 Å². The molecule has 0 atom stereocenters. The van der Waals surface area contributed by atoms with Gasteiger partial charge in [-0.1, -0.05) is 0 Å². The monoisotopic (exact) mass is 483 g/mol. The number of halogens is 3.